The lowest BCUT2D eigenvalue weighted by atomic mass is 9.88. The molecule has 0 spiro atoms. The molecule has 6 nitrogen and oxygen atoms in total. The van der Waals surface area contributed by atoms with Crippen LogP contribution < -0.4 is 5.11 Å². The molecular formula is C9H12NO5-. The average Bonchev–Trinajstić information content (AvgIpc) is 2.30. The Balaban J connectivity index is 2.75. The zero-order valence-corrected chi connectivity index (χ0v) is 8.34. The van der Waals surface area contributed by atoms with E-state index in [1.165, 1.54) is 0 Å². The van der Waals surface area contributed by atoms with E-state index in [4.69, 9.17) is 0 Å². The molecule has 1 aliphatic carbocycles. The Morgan fingerprint density at radius 3 is 2.67 bits per heavy atom. The summed E-state index contributed by atoms with van der Waals surface area (Å²) in [5.74, 6) is -2.85. The molecule has 0 radical (unpaired) electrons. The summed E-state index contributed by atoms with van der Waals surface area (Å²) >= 11 is 0. The first-order chi connectivity index (χ1) is 6.91. The summed E-state index contributed by atoms with van der Waals surface area (Å²) in [6, 6.07) is 0. The van der Waals surface area contributed by atoms with Gasteiger partial charge < -0.3 is 9.90 Å². The fourth-order valence-corrected chi connectivity index (χ4v) is 2.18. The van der Waals surface area contributed by atoms with Crippen LogP contribution in [0.4, 0.5) is 0 Å². The Morgan fingerprint density at radius 2 is 2.20 bits per heavy atom. The van der Waals surface area contributed by atoms with E-state index in [-0.39, 0.29) is 24.7 Å². The first kappa shape index (κ1) is 11.6. The van der Waals surface area contributed by atoms with E-state index in [1.54, 1.807) is 6.92 Å². The predicted molar refractivity (Wildman–Crippen MR) is 47.3 cm³/mol. The summed E-state index contributed by atoms with van der Waals surface area (Å²) in [6.45, 7) is 1.40. The number of aliphatic carboxylic acids is 1. The molecule has 15 heavy (non-hydrogen) atoms. The SMILES string of the molecule is CC1CC(=O)C(CC(=O)[O-])C1C[N+](=O)[O-]. The van der Waals surface area contributed by atoms with Crippen molar-refractivity contribution in [3.05, 3.63) is 10.1 Å². The number of carboxylic acid groups (broad SMARTS) is 1. The minimum absolute atomic E-state index is 0.118. The fraction of sp³-hybridized carbons (Fsp3) is 0.778. The van der Waals surface area contributed by atoms with Crippen molar-refractivity contribution >= 4 is 11.8 Å². The molecule has 0 saturated heterocycles. The molecular weight excluding hydrogens is 202 g/mol. The summed E-state index contributed by atoms with van der Waals surface area (Å²) in [5.41, 5.74) is 0. The van der Waals surface area contributed by atoms with Crippen molar-refractivity contribution in [2.45, 2.75) is 19.8 Å². The molecule has 0 aromatic rings. The van der Waals surface area contributed by atoms with Crippen molar-refractivity contribution in [2.24, 2.45) is 17.8 Å². The summed E-state index contributed by atoms with van der Waals surface area (Å²) in [6.07, 6.45) is -0.169. The van der Waals surface area contributed by atoms with E-state index in [2.05, 4.69) is 0 Å². The van der Waals surface area contributed by atoms with E-state index >= 15 is 0 Å². The number of nitrogens with zero attached hydrogens (tertiary/aromatic N) is 1. The van der Waals surface area contributed by atoms with Gasteiger partial charge in [0, 0.05) is 29.1 Å². The van der Waals surface area contributed by atoms with E-state index < -0.39 is 29.1 Å². The van der Waals surface area contributed by atoms with E-state index in [1.807, 2.05) is 0 Å². The van der Waals surface area contributed by atoms with Crippen LogP contribution in [0.25, 0.3) is 0 Å². The Labute approximate surface area is 86.4 Å². The van der Waals surface area contributed by atoms with Gasteiger partial charge in [-0.2, -0.15) is 0 Å². The maximum atomic E-state index is 11.4. The molecule has 0 N–H and O–H groups in total. The zero-order valence-electron chi connectivity index (χ0n) is 8.34. The van der Waals surface area contributed by atoms with E-state index in [0.717, 1.165) is 0 Å². The van der Waals surface area contributed by atoms with Crippen LogP contribution in [0.2, 0.25) is 0 Å². The number of carbonyl (C=O) groups excluding carboxylic acids is 2. The number of nitro groups is 1. The van der Waals surface area contributed by atoms with Crippen LogP contribution in [-0.4, -0.2) is 23.2 Å². The zero-order chi connectivity index (χ0) is 11.6. The van der Waals surface area contributed by atoms with Gasteiger partial charge >= 0.3 is 0 Å². The normalized spacial score (nSPS) is 30.5. The highest BCUT2D eigenvalue weighted by molar-refractivity contribution is 5.87. The van der Waals surface area contributed by atoms with Gasteiger partial charge in [-0.05, 0) is 12.3 Å². The number of hydrogen-bond donors (Lipinski definition) is 0. The molecule has 0 amide bonds. The molecule has 3 atom stereocenters. The van der Waals surface area contributed by atoms with Gasteiger partial charge in [-0.15, -0.1) is 0 Å². The summed E-state index contributed by atoms with van der Waals surface area (Å²) in [7, 11) is 0. The number of hydrogen-bond acceptors (Lipinski definition) is 5. The van der Waals surface area contributed by atoms with Crippen molar-refractivity contribution in [2.75, 3.05) is 6.54 Å². The lowest BCUT2D eigenvalue weighted by Crippen LogP contribution is -2.32. The maximum absolute atomic E-state index is 11.4. The smallest absolute Gasteiger partial charge is 0.207 e. The molecule has 3 unspecified atom stereocenters. The van der Waals surface area contributed by atoms with Crippen molar-refractivity contribution in [3.63, 3.8) is 0 Å². The van der Waals surface area contributed by atoms with Gasteiger partial charge in [0.1, 0.15) is 5.78 Å². The van der Waals surface area contributed by atoms with Crippen molar-refractivity contribution < 1.29 is 19.6 Å². The summed E-state index contributed by atoms with van der Waals surface area (Å²) in [5, 5.41) is 20.8. The number of carboxylic acids is 1. The van der Waals surface area contributed by atoms with Crippen LogP contribution >= 0.6 is 0 Å². The maximum Gasteiger partial charge on any atom is 0.207 e. The van der Waals surface area contributed by atoms with Gasteiger partial charge in [-0.3, -0.25) is 14.9 Å². The monoisotopic (exact) mass is 214 g/mol. The van der Waals surface area contributed by atoms with Gasteiger partial charge in [-0.25, -0.2) is 0 Å². The second-order valence-corrected chi connectivity index (χ2v) is 4.01. The van der Waals surface area contributed by atoms with Crippen molar-refractivity contribution in [3.8, 4) is 0 Å². The van der Waals surface area contributed by atoms with Crippen molar-refractivity contribution in [1.29, 1.82) is 0 Å². The molecule has 0 aromatic carbocycles. The van der Waals surface area contributed by atoms with Crippen LogP contribution in [0.1, 0.15) is 19.8 Å². The molecule has 1 rings (SSSR count). The lowest BCUT2D eigenvalue weighted by molar-refractivity contribution is -0.490. The third-order valence-corrected chi connectivity index (χ3v) is 2.93. The van der Waals surface area contributed by atoms with Gasteiger partial charge in [-0.1, -0.05) is 6.92 Å². The molecule has 1 fully saturated rings. The molecule has 0 aliphatic heterocycles. The first-order valence-electron chi connectivity index (χ1n) is 4.76. The van der Waals surface area contributed by atoms with Gasteiger partial charge in [0.05, 0.1) is 0 Å². The molecule has 0 heterocycles. The minimum Gasteiger partial charge on any atom is -0.550 e. The Kier molecular flexibility index (Phi) is 3.39. The van der Waals surface area contributed by atoms with Gasteiger partial charge in [0.15, 0.2) is 0 Å². The van der Waals surface area contributed by atoms with Crippen molar-refractivity contribution in [1.82, 2.24) is 0 Å². The van der Waals surface area contributed by atoms with Gasteiger partial charge in [0.25, 0.3) is 0 Å². The van der Waals surface area contributed by atoms with E-state index in [0.29, 0.717) is 0 Å². The van der Waals surface area contributed by atoms with Crippen LogP contribution in [0.3, 0.4) is 0 Å². The number of ketones is 1. The quantitative estimate of drug-likeness (QED) is 0.452. The summed E-state index contributed by atoms with van der Waals surface area (Å²) in [4.78, 5) is 31.7. The molecule has 1 saturated carbocycles. The Bertz CT molecular complexity index is 301. The Hall–Kier alpha value is -1.46. The van der Waals surface area contributed by atoms with Crippen LogP contribution in [-0.2, 0) is 9.59 Å². The number of rotatable bonds is 4. The standard InChI is InChI=1S/C9H13NO5/c1-5-2-8(11)6(3-9(12)13)7(5)4-10(14)15/h5-7H,2-4H2,1H3,(H,12,13)/p-1. The molecule has 84 valence electrons. The lowest BCUT2D eigenvalue weighted by Gasteiger charge is -2.17. The first-order valence-corrected chi connectivity index (χ1v) is 4.76. The topological polar surface area (TPSA) is 100 Å². The minimum atomic E-state index is -1.32. The Morgan fingerprint density at radius 1 is 1.60 bits per heavy atom. The van der Waals surface area contributed by atoms with Crippen LogP contribution in [0, 0.1) is 27.9 Å². The highest BCUT2D eigenvalue weighted by Gasteiger charge is 2.42. The highest BCUT2D eigenvalue weighted by atomic mass is 16.6. The summed E-state index contributed by atoms with van der Waals surface area (Å²) < 4.78 is 0. The fourth-order valence-electron chi connectivity index (χ4n) is 2.18. The third-order valence-electron chi connectivity index (χ3n) is 2.93. The van der Waals surface area contributed by atoms with Gasteiger partial charge in [0.2, 0.25) is 6.54 Å². The predicted octanol–water partition coefficient (Wildman–Crippen LogP) is -0.756. The second kappa shape index (κ2) is 4.37. The molecule has 0 bridgehead atoms. The average molecular weight is 214 g/mol. The number of carbonyl (C=O) groups is 2. The van der Waals surface area contributed by atoms with Crippen LogP contribution in [0.15, 0.2) is 0 Å². The highest BCUT2D eigenvalue weighted by Crippen LogP contribution is 2.36. The molecule has 1 aliphatic rings. The third kappa shape index (κ3) is 2.74. The van der Waals surface area contributed by atoms with E-state index in [9.17, 15) is 24.8 Å². The molecule has 6 heteroatoms. The number of Topliss-reactive ketones (excluding diaryl/α,β-unsaturated/α-hetero) is 1. The molecule has 0 aromatic heterocycles. The largest absolute Gasteiger partial charge is 0.550 e. The second-order valence-electron chi connectivity index (χ2n) is 4.01. The van der Waals surface area contributed by atoms with Crippen LogP contribution in [0.5, 0.6) is 0 Å².